The maximum absolute atomic E-state index is 12.8. The van der Waals surface area contributed by atoms with Crippen molar-refractivity contribution in [3.63, 3.8) is 0 Å². The Kier molecular flexibility index (Phi) is 8.44. The van der Waals surface area contributed by atoms with E-state index in [1.807, 2.05) is 12.1 Å². The zero-order chi connectivity index (χ0) is 26.0. The van der Waals surface area contributed by atoms with E-state index in [0.29, 0.717) is 42.4 Å². The Hall–Kier alpha value is -2.33. The van der Waals surface area contributed by atoms with E-state index < -0.39 is 0 Å². The first-order chi connectivity index (χ1) is 17.2. The first-order valence-electron chi connectivity index (χ1n) is 12.9. The highest BCUT2D eigenvalue weighted by Gasteiger charge is 2.33. The van der Waals surface area contributed by atoms with Crippen LogP contribution >= 0.6 is 11.6 Å². The number of nitrogens with two attached hydrogens (primary N) is 2. The van der Waals surface area contributed by atoms with Crippen LogP contribution in [0.4, 0.5) is 17.3 Å². The third-order valence-electron chi connectivity index (χ3n) is 7.31. The quantitative estimate of drug-likeness (QED) is 0.406. The van der Waals surface area contributed by atoms with Crippen molar-refractivity contribution in [3.8, 4) is 0 Å². The summed E-state index contributed by atoms with van der Waals surface area (Å²) in [5.74, 6) is 7.95. The summed E-state index contributed by atoms with van der Waals surface area (Å²) in [6, 6.07) is 8.59. The van der Waals surface area contributed by atoms with Gasteiger partial charge in [0.25, 0.3) is 0 Å². The molecule has 0 saturated carbocycles. The van der Waals surface area contributed by atoms with Crippen LogP contribution < -0.4 is 27.2 Å². The lowest BCUT2D eigenvalue weighted by Gasteiger charge is -2.44. The number of piperazine rings is 1. The van der Waals surface area contributed by atoms with Crippen molar-refractivity contribution >= 4 is 28.9 Å². The highest BCUT2D eigenvalue weighted by atomic mass is 35.5. The molecule has 3 heterocycles. The van der Waals surface area contributed by atoms with Crippen LogP contribution in [0.2, 0.25) is 5.02 Å². The van der Waals surface area contributed by atoms with Crippen LogP contribution in [0, 0.1) is 5.92 Å². The normalized spacial score (nSPS) is 21.8. The van der Waals surface area contributed by atoms with Crippen molar-refractivity contribution in [2.24, 2.45) is 18.8 Å². The van der Waals surface area contributed by atoms with Gasteiger partial charge in [0, 0.05) is 50.4 Å². The molecular formula is C26H40ClN7O2. The molecule has 198 valence electrons. The maximum Gasteiger partial charge on any atom is 0.351 e. The number of rotatable bonds is 8. The maximum atomic E-state index is 12.8. The Balaban J connectivity index is 1.56. The van der Waals surface area contributed by atoms with E-state index >= 15 is 0 Å². The third-order valence-corrected chi connectivity index (χ3v) is 7.56. The van der Waals surface area contributed by atoms with Gasteiger partial charge in [-0.2, -0.15) is 4.98 Å². The number of nitrogens with zero attached hydrogens (tertiary/aromatic N) is 5. The second-order valence-electron chi connectivity index (χ2n) is 10.5. The molecule has 0 radical (unpaired) electrons. The lowest BCUT2D eigenvalue weighted by Crippen LogP contribution is -2.54. The molecule has 10 heteroatoms. The molecule has 0 bridgehead atoms. The molecule has 2 fully saturated rings. The van der Waals surface area contributed by atoms with Gasteiger partial charge >= 0.3 is 5.69 Å². The van der Waals surface area contributed by atoms with Crippen LogP contribution in [-0.2, 0) is 11.8 Å². The lowest BCUT2D eigenvalue weighted by atomic mass is 9.94. The molecule has 2 saturated heterocycles. The van der Waals surface area contributed by atoms with Crippen molar-refractivity contribution in [1.82, 2.24) is 14.5 Å². The van der Waals surface area contributed by atoms with E-state index in [0.717, 1.165) is 44.0 Å². The zero-order valence-corrected chi connectivity index (χ0v) is 22.6. The summed E-state index contributed by atoms with van der Waals surface area (Å²) >= 11 is 6.15. The Morgan fingerprint density at radius 1 is 1.25 bits per heavy atom. The van der Waals surface area contributed by atoms with Gasteiger partial charge in [0.15, 0.2) is 11.6 Å². The van der Waals surface area contributed by atoms with Crippen LogP contribution in [0.5, 0.6) is 0 Å². The number of benzene rings is 1. The minimum atomic E-state index is -0.370. The summed E-state index contributed by atoms with van der Waals surface area (Å²) in [7, 11) is 1.66. The molecule has 3 atom stereocenters. The number of hydrogen-bond acceptors (Lipinski definition) is 8. The van der Waals surface area contributed by atoms with Gasteiger partial charge in [0.1, 0.15) is 5.69 Å². The molecular weight excluding hydrogens is 478 g/mol. The van der Waals surface area contributed by atoms with Crippen molar-refractivity contribution in [2.45, 2.75) is 58.2 Å². The second-order valence-corrected chi connectivity index (χ2v) is 11.0. The van der Waals surface area contributed by atoms with Gasteiger partial charge in [0.2, 0.25) is 0 Å². The number of hydrogen-bond donors (Lipinski definition) is 2. The monoisotopic (exact) mass is 517 g/mol. The van der Waals surface area contributed by atoms with E-state index in [1.165, 1.54) is 15.1 Å². The molecule has 36 heavy (non-hydrogen) atoms. The predicted molar refractivity (Wildman–Crippen MR) is 146 cm³/mol. The molecule has 2 aliphatic rings. The Morgan fingerprint density at radius 3 is 2.58 bits per heavy atom. The van der Waals surface area contributed by atoms with Crippen molar-refractivity contribution in [3.05, 3.63) is 45.3 Å². The molecule has 9 nitrogen and oxygen atoms in total. The average molecular weight is 518 g/mol. The first-order valence-corrected chi connectivity index (χ1v) is 13.3. The fourth-order valence-corrected chi connectivity index (χ4v) is 5.59. The second kappa shape index (κ2) is 11.4. The van der Waals surface area contributed by atoms with Crippen LogP contribution in [0.1, 0.15) is 51.6 Å². The number of aromatic nitrogens is 2. The standard InChI is InChI=1S/C26H40ClN7O2/c1-17(2)14-22(19-7-9-20(27)10-8-19)32-11-12-33(18(3)15-32)24-23(28)25(31(4)26(35)30-24)34(29)16-21-6-5-13-36-21/h7-10,17-18,21-22H,5-6,11-16,28-29H2,1-4H3. The molecule has 2 aromatic rings. The van der Waals surface area contributed by atoms with Gasteiger partial charge in [-0.05, 0) is 49.8 Å². The highest BCUT2D eigenvalue weighted by Crippen LogP contribution is 2.34. The van der Waals surface area contributed by atoms with Crippen LogP contribution in [0.25, 0.3) is 0 Å². The van der Waals surface area contributed by atoms with E-state index in [9.17, 15) is 4.79 Å². The minimum Gasteiger partial charge on any atom is -0.393 e. The van der Waals surface area contributed by atoms with E-state index in [4.69, 9.17) is 27.9 Å². The Bertz CT molecular complexity index is 1080. The van der Waals surface area contributed by atoms with E-state index in [-0.39, 0.29) is 17.8 Å². The first kappa shape index (κ1) is 26.7. The van der Waals surface area contributed by atoms with Gasteiger partial charge in [-0.25, -0.2) is 10.6 Å². The van der Waals surface area contributed by atoms with Gasteiger partial charge in [-0.1, -0.05) is 37.6 Å². The van der Waals surface area contributed by atoms with Crippen LogP contribution in [0.15, 0.2) is 29.1 Å². The zero-order valence-electron chi connectivity index (χ0n) is 21.9. The van der Waals surface area contributed by atoms with Crippen molar-refractivity contribution < 1.29 is 4.74 Å². The number of hydrazine groups is 1. The third kappa shape index (κ3) is 5.80. The number of anilines is 3. The van der Waals surface area contributed by atoms with Gasteiger partial charge in [-0.15, -0.1) is 0 Å². The molecule has 1 aromatic carbocycles. The Labute approximate surface area is 218 Å². The van der Waals surface area contributed by atoms with Crippen molar-refractivity contribution in [1.29, 1.82) is 0 Å². The van der Waals surface area contributed by atoms with Crippen LogP contribution in [0.3, 0.4) is 0 Å². The van der Waals surface area contributed by atoms with E-state index in [1.54, 1.807) is 7.05 Å². The number of halogens is 1. The summed E-state index contributed by atoms with van der Waals surface area (Å²) in [5.41, 5.74) is 7.96. The molecule has 4 rings (SSSR count). The van der Waals surface area contributed by atoms with E-state index in [2.05, 4.69) is 47.7 Å². The van der Waals surface area contributed by atoms with Gasteiger partial charge < -0.3 is 15.4 Å². The minimum absolute atomic E-state index is 0.0364. The summed E-state index contributed by atoms with van der Waals surface area (Å²) in [6.07, 6.45) is 3.05. The fourth-order valence-electron chi connectivity index (χ4n) is 5.47. The average Bonchev–Trinajstić information content (AvgIpc) is 3.34. The lowest BCUT2D eigenvalue weighted by molar-refractivity contribution is 0.115. The molecule has 3 unspecified atom stereocenters. The summed E-state index contributed by atoms with van der Waals surface area (Å²) < 4.78 is 7.16. The summed E-state index contributed by atoms with van der Waals surface area (Å²) in [6.45, 7) is 10.3. The SMILES string of the molecule is CC(C)CC(c1ccc(Cl)cc1)N1CCN(c2nc(=O)n(C)c(N(N)CC3CCCO3)c2N)C(C)C1. The van der Waals surface area contributed by atoms with Crippen molar-refractivity contribution in [2.75, 3.05) is 48.4 Å². The number of nitrogen functional groups attached to an aromatic ring is 1. The van der Waals surface area contributed by atoms with Gasteiger partial charge in [0.05, 0.1) is 12.6 Å². The molecule has 4 N–H and O–H groups in total. The van der Waals surface area contributed by atoms with Crippen LogP contribution in [-0.4, -0.2) is 59.4 Å². The predicted octanol–water partition coefficient (Wildman–Crippen LogP) is 3.17. The molecule has 2 aliphatic heterocycles. The highest BCUT2D eigenvalue weighted by molar-refractivity contribution is 6.30. The Morgan fingerprint density at radius 2 is 1.97 bits per heavy atom. The summed E-state index contributed by atoms with van der Waals surface area (Å²) in [5, 5.41) is 2.29. The molecule has 1 aromatic heterocycles. The summed E-state index contributed by atoms with van der Waals surface area (Å²) in [4.78, 5) is 21.9. The van der Waals surface area contributed by atoms with Gasteiger partial charge in [-0.3, -0.25) is 14.5 Å². The smallest absolute Gasteiger partial charge is 0.351 e. The molecule has 0 amide bonds. The molecule has 0 spiro atoms. The fraction of sp³-hybridized carbons (Fsp3) is 0.615. The topological polar surface area (TPSA) is 106 Å². The number of ether oxygens (including phenoxy) is 1. The largest absolute Gasteiger partial charge is 0.393 e. The molecule has 0 aliphatic carbocycles.